The van der Waals surface area contributed by atoms with Gasteiger partial charge in [0.05, 0.1) is 0 Å². The zero-order valence-electron chi connectivity index (χ0n) is 21.0. The number of fused-ring (bicyclic) bond motifs is 1. The summed E-state index contributed by atoms with van der Waals surface area (Å²) < 4.78 is 27.2. The average Bonchev–Trinajstić information content (AvgIpc) is 3.20. The van der Waals surface area contributed by atoms with E-state index in [2.05, 4.69) is 45.2 Å². The first-order valence-electron chi connectivity index (χ1n) is 13.6. The largest absolute Gasteiger partial charge is 0.342 e. The Labute approximate surface area is 212 Å². The number of alkyl halides is 2. The number of hydrogen-bond acceptors (Lipinski definition) is 4. The second kappa shape index (κ2) is 9.47. The Hall–Kier alpha value is -2.41. The van der Waals surface area contributed by atoms with Gasteiger partial charge >= 0.3 is 0 Å². The van der Waals surface area contributed by atoms with Crippen LogP contribution in [-0.4, -0.2) is 57.9 Å². The molecule has 4 fully saturated rings. The van der Waals surface area contributed by atoms with Crippen LogP contribution in [0.25, 0.3) is 0 Å². The van der Waals surface area contributed by atoms with Crippen LogP contribution in [0, 0.1) is 23.7 Å². The minimum atomic E-state index is -2.96. The molecule has 1 aromatic carbocycles. The van der Waals surface area contributed by atoms with E-state index in [1.165, 1.54) is 43.5 Å². The molecule has 0 bridgehead atoms. The van der Waals surface area contributed by atoms with Crippen LogP contribution in [0.15, 0.2) is 42.6 Å². The summed E-state index contributed by atoms with van der Waals surface area (Å²) >= 11 is 0. The van der Waals surface area contributed by atoms with E-state index in [1.807, 2.05) is 4.90 Å². The number of carbonyl (C=O) groups is 1. The second-order valence-electron chi connectivity index (χ2n) is 11.6. The van der Waals surface area contributed by atoms with Crippen LogP contribution >= 0.6 is 0 Å². The smallest absolute Gasteiger partial charge is 0.287 e. The summed E-state index contributed by atoms with van der Waals surface area (Å²) in [5.41, 5.74) is 1.25. The molecule has 2 aliphatic heterocycles. The fraction of sp³-hybridized carbons (Fsp3) is 0.621. The van der Waals surface area contributed by atoms with E-state index < -0.39 is 5.92 Å². The molecule has 192 valence electrons. The topological polar surface area (TPSA) is 49.3 Å². The third-order valence-corrected chi connectivity index (χ3v) is 9.22. The van der Waals surface area contributed by atoms with Crippen molar-refractivity contribution in [3.05, 3.63) is 59.7 Å². The first-order chi connectivity index (χ1) is 17.4. The van der Waals surface area contributed by atoms with Gasteiger partial charge in [-0.25, -0.2) is 9.97 Å². The molecule has 4 aliphatic rings. The van der Waals surface area contributed by atoms with Crippen molar-refractivity contribution in [3.8, 4) is 0 Å². The molecule has 0 radical (unpaired) electrons. The normalized spacial score (nSPS) is 32.5. The van der Waals surface area contributed by atoms with E-state index in [0.29, 0.717) is 48.5 Å². The number of nitrogens with zero attached hydrogens (tertiary/aromatic N) is 4. The Kier molecular flexibility index (Phi) is 6.30. The quantitative estimate of drug-likeness (QED) is 0.574. The van der Waals surface area contributed by atoms with Gasteiger partial charge in [-0.1, -0.05) is 30.3 Å². The van der Waals surface area contributed by atoms with Gasteiger partial charge in [-0.15, -0.1) is 0 Å². The van der Waals surface area contributed by atoms with Gasteiger partial charge in [0.15, 0.2) is 0 Å². The first kappa shape index (κ1) is 24.0. The first-order valence-corrected chi connectivity index (χ1v) is 13.6. The predicted octanol–water partition coefficient (Wildman–Crippen LogP) is 4.88. The fourth-order valence-electron chi connectivity index (χ4n) is 7.13. The summed E-state index contributed by atoms with van der Waals surface area (Å²) in [6.07, 6.45) is 7.90. The Bertz CT molecular complexity index is 1070. The van der Waals surface area contributed by atoms with Crippen LogP contribution in [0.4, 0.5) is 8.78 Å². The molecule has 3 heterocycles. The molecule has 1 amide bonds. The number of hydrogen-bond donors (Lipinski definition) is 0. The molecule has 6 rings (SSSR count). The number of amides is 1. The second-order valence-corrected chi connectivity index (χ2v) is 11.6. The Morgan fingerprint density at radius 3 is 2.42 bits per heavy atom. The maximum absolute atomic E-state index is 13.6. The van der Waals surface area contributed by atoms with Crippen LogP contribution in [0.5, 0.6) is 0 Å². The van der Waals surface area contributed by atoms with E-state index >= 15 is 0 Å². The van der Waals surface area contributed by atoms with E-state index in [0.717, 1.165) is 33.0 Å². The van der Waals surface area contributed by atoms with Gasteiger partial charge in [0.25, 0.3) is 5.92 Å². The maximum Gasteiger partial charge on any atom is 0.287 e. The summed E-state index contributed by atoms with van der Waals surface area (Å²) in [4.78, 5) is 26.2. The van der Waals surface area contributed by atoms with Gasteiger partial charge in [-0.2, -0.15) is 8.78 Å². The fourth-order valence-corrected chi connectivity index (χ4v) is 7.13. The number of rotatable bonds is 6. The van der Waals surface area contributed by atoms with Crippen molar-refractivity contribution in [1.29, 1.82) is 0 Å². The minimum absolute atomic E-state index is 0.194. The molecule has 2 aromatic rings. The molecule has 36 heavy (non-hydrogen) atoms. The highest BCUT2D eigenvalue weighted by atomic mass is 19.3. The third kappa shape index (κ3) is 4.79. The zero-order chi connectivity index (χ0) is 24.9. The van der Waals surface area contributed by atoms with Crippen LogP contribution in [0.2, 0.25) is 0 Å². The predicted molar refractivity (Wildman–Crippen MR) is 133 cm³/mol. The van der Waals surface area contributed by atoms with Gasteiger partial charge in [-0.3, -0.25) is 9.69 Å². The number of carbonyl (C=O) groups excluding carboxylic acids is 1. The van der Waals surface area contributed by atoms with Gasteiger partial charge < -0.3 is 4.90 Å². The van der Waals surface area contributed by atoms with Gasteiger partial charge in [-0.05, 0) is 67.4 Å². The van der Waals surface area contributed by atoms with Gasteiger partial charge in [0.1, 0.15) is 11.5 Å². The summed E-state index contributed by atoms with van der Waals surface area (Å²) in [5, 5.41) is 0. The molecule has 0 spiro atoms. The minimum Gasteiger partial charge on any atom is -0.342 e. The SMILES string of the molecule is CC(F)(F)c1ccnc(C[C@@H]2CCN(C(=O)C3[C@H]4CN(C5CCC(c6ccccc6)CC5)C[C@@H]34)C2)n1. The molecule has 1 aromatic heterocycles. The monoisotopic (exact) mass is 494 g/mol. The molecule has 4 atom stereocenters. The van der Waals surface area contributed by atoms with Crippen molar-refractivity contribution in [2.24, 2.45) is 23.7 Å². The third-order valence-electron chi connectivity index (χ3n) is 9.22. The van der Waals surface area contributed by atoms with E-state index in [1.54, 1.807) is 0 Å². The lowest BCUT2D eigenvalue weighted by Gasteiger charge is -2.36. The molecule has 1 unspecified atom stereocenters. The van der Waals surface area contributed by atoms with Crippen molar-refractivity contribution in [2.75, 3.05) is 26.2 Å². The number of aromatic nitrogens is 2. The average molecular weight is 495 g/mol. The Morgan fingerprint density at radius 1 is 1.00 bits per heavy atom. The molecule has 5 nitrogen and oxygen atoms in total. The summed E-state index contributed by atoms with van der Waals surface area (Å²) in [6.45, 7) is 4.46. The van der Waals surface area contributed by atoms with Crippen molar-refractivity contribution >= 4 is 5.91 Å². The molecule has 2 saturated carbocycles. The van der Waals surface area contributed by atoms with Crippen molar-refractivity contribution in [1.82, 2.24) is 19.8 Å². The van der Waals surface area contributed by atoms with Crippen molar-refractivity contribution < 1.29 is 13.6 Å². The number of piperidine rings is 1. The van der Waals surface area contributed by atoms with Crippen LogP contribution < -0.4 is 0 Å². The number of benzene rings is 1. The van der Waals surface area contributed by atoms with Crippen LogP contribution in [-0.2, 0) is 17.1 Å². The van der Waals surface area contributed by atoms with E-state index in [-0.39, 0.29) is 17.5 Å². The van der Waals surface area contributed by atoms with E-state index in [9.17, 15) is 13.6 Å². The summed E-state index contributed by atoms with van der Waals surface area (Å²) in [6, 6.07) is 12.9. The number of halogens is 2. The van der Waals surface area contributed by atoms with Crippen molar-refractivity contribution in [2.45, 2.75) is 63.3 Å². The lowest BCUT2D eigenvalue weighted by molar-refractivity contribution is -0.132. The lowest BCUT2D eigenvalue weighted by Crippen LogP contribution is -2.40. The Morgan fingerprint density at radius 2 is 1.72 bits per heavy atom. The highest BCUT2D eigenvalue weighted by Crippen LogP contribution is 2.54. The summed E-state index contributed by atoms with van der Waals surface area (Å²) in [5.74, 6) is -0.0184. The highest BCUT2D eigenvalue weighted by Gasteiger charge is 2.61. The molecule has 2 saturated heterocycles. The molecular weight excluding hydrogens is 458 g/mol. The Balaban J connectivity index is 0.965. The standard InChI is InChI=1S/C29H36F2N4O/c1-29(30,31)25-11-13-32-26(33-25)15-19-12-14-34(16-19)28(36)27-23-17-35(18-24(23)27)22-9-7-21(8-10-22)20-5-3-2-4-6-20/h2-6,11,13,19,21-24,27H,7-10,12,14-18H2,1H3/t19-,21?,22?,23-,24+,27?/m0/s1. The van der Waals surface area contributed by atoms with Gasteiger partial charge in [0, 0.05) is 57.7 Å². The molecule has 2 aliphatic carbocycles. The summed E-state index contributed by atoms with van der Waals surface area (Å²) in [7, 11) is 0. The number of likely N-dealkylation sites (tertiary alicyclic amines) is 2. The lowest BCUT2D eigenvalue weighted by atomic mass is 9.81. The van der Waals surface area contributed by atoms with E-state index in [4.69, 9.17) is 0 Å². The maximum atomic E-state index is 13.6. The molecule has 7 heteroatoms. The molecule has 0 N–H and O–H groups in total. The molecular formula is C29H36F2N4O. The highest BCUT2D eigenvalue weighted by molar-refractivity contribution is 5.83. The van der Waals surface area contributed by atoms with Crippen molar-refractivity contribution in [3.63, 3.8) is 0 Å². The zero-order valence-corrected chi connectivity index (χ0v) is 21.0. The van der Waals surface area contributed by atoms with Gasteiger partial charge in [0.2, 0.25) is 5.91 Å². The van der Waals surface area contributed by atoms with Crippen LogP contribution in [0.1, 0.15) is 62.0 Å². The van der Waals surface area contributed by atoms with Crippen LogP contribution in [0.3, 0.4) is 0 Å².